The SMILES string of the molecule is CC#CCn1c(N2CCCC(N)C2)nc2c1c(=O)n(CC1=NC(C)(C(=O)OC)Cc3ccccc31)c(=O)n2C. The second-order valence-corrected chi connectivity index (χ2v) is 10.3. The summed E-state index contributed by atoms with van der Waals surface area (Å²) in [5.41, 5.74) is 6.78. The number of methoxy groups -OCH3 is 1. The number of carbonyl (C=O) groups is 1. The fraction of sp³-hybridized carbons (Fsp3) is 0.464. The van der Waals surface area contributed by atoms with Gasteiger partial charge in [0.15, 0.2) is 16.7 Å². The highest BCUT2D eigenvalue weighted by molar-refractivity contribution is 6.05. The molecule has 1 fully saturated rings. The number of fused-ring (bicyclic) bond motifs is 2. The zero-order chi connectivity index (χ0) is 27.9. The van der Waals surface area contributed by atoms with Crippen molar-refractivity contribution >= 4 is 28.8 Å². The van der Waals surface area contributed by atoms with E-state index < -0.39 is 22.8 Å². The fourth-order valence-electron chi connectivity index (χ4n) is 5.57. The largest absolute Gasteiger partial charge is 0.467 e. The van der Waals surface area contributed by atoms with E-state index in [1.807, 2.05) is 24.3 Å². The Balaban J connectivity index is 1.70. The minimum Gasteiger partial charge on any atom is -0.467 e. The summed E-state index contributed by atoms with van der Waals surface area (Å²) in [5.74, 6) is 6.03. The average molecular weight is 532 g/mol. The summed E-state index contributed by atoms with van der Waals surface area (Å²) in [6.07, 6.45) is 2.19. The Hall–Kier alpha value is -4.17. The molecular formula is C28H33N7O4. The van der Waals surface area contributed by atoms with Gasteiger partial charge in [0.05, 0.1) is 25.9 Å². The molecule has 2 aliphatic heterocycles. The van der Waals surface area contributed by atoms with Crippen molar-refractivity contribution in [2.45, 2.75) is 57.8 Å². The molecule has 0 amide bonds. The first-order valence-corrected chi connectivity index (χ1v) is 13.0. The van der Waals surface area contributed by atoms with Gasteiger partial charge < -0.3 is 15.4 Å². The third-order valence-electron chi connectivity index (χ3n) is 7.54. The minimum absolute atomic E-state index is 0.00162. The van der Waals surface area contributed by atoms with Crippen LogP contribution in [0.2, 0.25) is 0 Å². The fourth-order valence-corrected chi connectivity index (χ4v) is 5.57. The summed E-state index contributed by atoms with van der Waals surface area (Å²) in [6.45, 7) is 4.92. The van der Waals surface area contributed by atoms with Gasteiger partial charge in [-0.2, -0.15) is 4.98 Å². The second-order valence-electron chi connectivity index (χ2n) is 10.3. The van der Waals surface area contributed by atoms with Gasteiger partial charge in [-0.25, -0.2) is 9.59 Å². The van der Waals surface area contributed by atoms with E-state index in [1.165, 1.54) is 11.7 Å². The predicted molar refractivity (Wildman–Crippen MR) is 149 cm³/mol. The first-order chi connectivity index (χ1) is 18.7. The van der Waals surface area contributed by atoms with E-state index in [1.54, 1.807) is 25.5 Å². The van der Waals surface area contributed by atoms with Crippen LogP contribution in [0.5, 0.6) is 0 Å². The topological polar surface area (TPSA) is 130 Å². The van der Waals surface area contributed by atoms with Gasteiger partial charge in [0, 0.05) is 38.2 Å². The minimum atomic E-state index is -1.17. The number of hydrogen-bond acceptors (Lipinski definition) is 8. The van der Waals surface area contributed by atoms with Crippen LogP contribution >= 0.6 is 0 Å². The van der Waals surface area contributed by atoms with E-state index >= 15 is 0 Å². The van der Waals surface area contributed by atoms with Crippen LogP contribution in [-0.2, 0) is 36.1 Å². The van der Waals surface area contributed by atoms with Crippen LogP contribution in [0.1, 0.15) is 37.8 Å². The maximum Gasteiger partial charge on any atom is 0.333 e. The molecule has 3 aromatic rings. The normalized spacial score (nSPS) is 20.7. The number of aliphatic imine (C=N–C) groups is 1. The molecule has 2 atom stereocenters. The van der Waals surface area contributed by atoms with Crippen molar-refractivity contribution in [1.82, 2.24) is 18.7 Å². The van der Waals surface area contributed by atoms with Crippen molar-refractivity contribution in [3.8, 4) is 11.8 Å². The Morgan fingerprint density at radius 3 is 2.74 bits per heavy atom. The number of aryl methyl sites for hydroxylation is 1. The number of ether oxygens (including phenoxy) is 1. The van der Waals surface area contributed by atoms with Gasteiger partial charge in [-0.05, 0) is 32.3 Å². The van der Waals surface area contributed by atoms with Crippen LogP contribution in [-0.4, -0.2) is 62.1 Å². The maximum absolute atomic E-state index is 14.0. The molecule has 1 aromatic carbocycles. The van der Waals surface area contributed by atoms with Gasteiger partial charge in [0.2, 0.25) is 5.95 Å². The maximum atomic E-state index is 14.0. The summed E-state index contributed by atoms with van der Waals surface area (Å²) >= 11 is 0. The molecule has 2 aliphatic rings. The predicted octanol–water partition coefficient (Wildman–Crippen LogP) is 0.825. The standard InChI is InChI=1S/C28H33N7O4/c1-5-6-14-34-22-23(30-26(34)33-13-9-11-19(29)16-33)32(3)27(38)35(24(22)36)17-21-20-12-8-7-10-18(20)15-28(2,31-21)25(37)39-4/h7-8,10,12,19H,9,11,13-17,29H2,1-4H3. The molecule has 11 heteroatoms. The van der Waals surface area contributed by atoms with Gasteiger partial charge in [-0.3, -0.25) is 23.5 Å². The van der Waals surface area contributed by atoms with Crippen LogP contribution < -0.4 is 21.9 Å². The Labute approximate surface area is 225 Å². The van der Waals surface area contributed by atoms with E-state index in [-0.39, 0.29) is 24.6 Å². The number of imidazole rings is 1. The van der Waals surface area contributed by atoms with Crippen molar-refractivity contribution in [2.24, 2.45) is 17.8 Å². The van der Waals surface area contributed by atoms with Crippen molar-refractivity contribution in [2.75, 3.05) is 25.1 Å². The smallest absolute Gasteiger partial charge is 0.333 e. The van der Waals surface area contributed by atoms with Crippen molar-refractivity contribution in [3.63, 3.8) is 0 Å². The number of aromatic nitrogens is 4. The second kappa shape index (κ2) is 10.2. The molecule has 4 heterocycles. The average Bonchev–Trinajstić information content (AvgIpc) is 3.32. The lowest BCUT2D eigenvalue weighted by atomic mass is 9.85. The zero-order valence-electron chi connectivity index (χ0n) is 22.7. The van der Waals surface area contributed by atoms with E-state index in [9.17, 15) is 14.4 Å². The van der Waals surface area contributed by atoms with E-state index in [0.29, 0.717) is 30.3 Å². The number of esters is 1. The monoisotopic (exact) mass is 531 g/mol. The molecule has 0 bridgehead atoms. The van der Waals surface area contributed by atoms with Crippen LogP contribution in [0.4, 0.5) is 5.95 Å². The molecule has 1 saturated heterocycles. The van der Waals surface area contributed by atoms with E-state index in [0.717, 1.165) is 35.1 Å². The Morgan fingerprint density at radius 1 is 1.26 bits per heavy atom. The summed E-state index contributed by atoms with van der Waals surface area (Å²) in [4.78, 5) is 51.8. The first-order valence-electron chi connectivity index (χ1n) is 13.0. The molecule has 0 aliphatic carbocycles. The molecule has 39 heavy (non-hydrogen) atoms. The number of nitrogens with two attached hydrogens (primary N) is 1. The highest BCUT2D eigenvalue weighted by atomic mass is 16.5. The van der Waals surface area contributed by atoms with Gasteiger partial charge in [0.1, 0.15) is 0 Å². The van der Waals surface area contributed by atoms with Crippen LogP contribution in [0, 0.1) is 11.8 Å². The van der Waals surface area contributed by atoms with Gasteiger partial charge in [-0.15, -0.1) is 5.92 Å². The number of anilines is 1. The summed E-state index contributed by atoms with van der Waals surface area (Å²) < 4.78 is 9.35. The molecule has 5 rings (SSSR count). The highest BCUT2D eigenvalue weighted by Crippen LogP contribution is 2.29. The Bertz CT molecular complexity index is 1670. The van der Waals surface area contributed by atoms with Crippen molar-refractivity contribution in [3.05, 3.63) is 56.2 Å². The summed E-state index contributed by atoms with van der Waals surface area (Å²) in [7, 11) is 2.93. The number of rotatable bonds is 5. The third kappa shape index (κ3) is 4.55. The molecule has 2 aromatic heterocycles. The Kier molecular flexibility index (Phi) is 6.91. The quantitative estimate of drug-likeness (QED) is 0.381. The number of hydrogen-bond donors (Lipinski definition) is 1. The van der Waals surface area contributed by atoms with Gasteiger partial charge >= 0.3 is 11.7 Å². The zero-order valence-corrected chi connectivity index (χ0v) is 22.7. The van der Waals surface area contributed by atoms with Gasteiger partial charge in [-0.1, -0.05) is 30.2 Å². The molecule has 2 N–H and O–H groups in total. The summed E-state index contributed by atoms with van der Waals surface area (Å²) in [6, 6.07) is 7.56. The number of carbonyl (C=O) groups excluding carboxylic acids is 1. The number of benzene rings is 1. The Morgan fingerprint density at radius 2 is 2.03 bits per heavy atom. The molecule has 0 saturated carbocycles. The first kappa shape index (κ1) is 26.4. The van der Waals surface area contributed by atoms with Crippen molar-refractivity contribution in [1.29, 1.82) is 0 Å². The van der Waals surface area contributed by atoms with E-state index in [2.05, 4.69) is 16.7 Å². The lowest BCUT2D eigenvalue weighted by Gasteiger charge is -2.31. The van der Waals surface area contributed by atoms with E-state index in [4.69, 9.17) is 20.4 Å². The number of piperidine rings is 1. The third-order valence-corrected chi connectivity index (χ3v) is 7.54. The molecule has 0 radical (unpaired) electrons. The molecule has 204 valence electrons. The summed E-state index contributed by atoms with van der Waals surface area (Å²) in [5, 5.41) is 0. The van der Waals surface area contributed by atoms with Gasteiger partial charge in [0.25, 0.3) is 5.56 Å². The highest BCUT2D eigenvalue weighted by Gasteiger charge is 2.39. The molecule has 11 nitrogen and oxygen atoms in total. The number of nitrogens with zero attached hydrogens (tertiary/aromatic N) is 6. The molecule has 2 unspecified atom stereocenters. The lowest BCUT2D eigenvalue weighted by molar-refractivity contribution is -0.146. The van der Waals surface area contributed by atoms with Crippen LogP contribution in [0.25, 0.3) is 11.2 Å². The van der Waals surface area contributed by atoms with Crippen LogP contribution in [0.15, 0.2) is 38.8 Å². The molecular weight excluding hydrogens is 498 g/mol. The van der Waals surface area contributed by atoms with Crippen molar-refractivity contribution < 1.29 is 9.53 Å². The lowest BCUT2D eigenvalue weighted by Crippen LogP contribution is -2.45. The molecule has 0 spiro atoms. The van der Waals surface area contributed by atoms with Crippen LogP contribution in [0.3, 0.4) is 0 Å².